The molecule has 0 radical (unpaired) electrons. The van der Waals surface area contributed by atoms with Crippen LogP contribution in [0.2, 0.25) is 0 Å². The van der Waals surface area contributed by atoms with Crippen molar-refractivity contribution in [2.75, 3.05) is 12.8 Å². The number of carbonyl (C=O) groups excluding carboxylic acids is 2. The average molecular weight is 384 g/mol. The van der Waals surface area contributed by atoms with E-state index in [9.17, 15) is 9.59 Å². The van der Waals surface area contributed by atoms with Crippen LogP contribution in [0.1, 0.15) is 43.8 Å². The normalized spacial score (nSPS) is 10.8. The van der Waals surface area contributed by atoms with Gasteiger partial charge in [0.1, 0.15) is 22.1 Å². The zero-order valence-electron chi connectivity index (χ0n) is 15.6. The number of thiophene rings is 1. The predicted octanol–water partition coefficient (Wildman–Crippen LogP) is 4.06. The van der Waals surface area contributed by atoms with Crippen LogP contribution in [0.25, 0.3) is 10.2 Å². The molecular formula is C20H20N2O4S. The van der Waals surface area contributed by atoms with Gasteiger partial charge in [-0.3, -0.25) is 4.79 Å². The average Bonchev–Trinajstić information content (AvgIpc) is 2.95. The maximum absolute atomic E-state index is 12.6. The van der Waals surface area contributed by atoms with Crippen molar-refractivity contribution in [1.29, 1.82) is 0 Å². The van der Waals surface area contributed by atoms with Crippen LogP contribution in [0.4, 0.5) is 5.69 Å². The van der Waals surface area contributed by atoms with Crippen molar-refractivity contribution in [3.8, 4) is 5.75 Å². The van der Waals surface area contributed by atoms with Gasteiger partial charge in [0.05, 0.1) is 12.8 Å². The van der Waals surface area contributed by atoms with Crippen LogP contribution in [0.5, 0.6) is 5.75 Å². The topological polar surface area (TPSA) is 91.5 Å². The molecule has 0 fully saturated rings. The lowest BCUT2D eigenvalue weighted by Crippen LogP contribution is -2.07. The molecule has 0 saturated heterocycles. The van der Waals surface area contributed by atoms with Crippen molar-refractivity contribution in [2.24, 2.45) is 0 Å². The molecule has 0 unspecified atom stereocenters. The number of nitrogens with zero attached hydrogens (tertiary/aromatic N) is 1. The summed E-state index contributed by atoms with van der Waals surface area (Å²) >= 11 is 1.22. The SMILES string of the molecule is COc1ccc(C(C)=O)cc1COC(=O)c1sc2nc(C)cc(C)c2c1N. The van der Waals surface area contributed by atoms with Crippen LogP contribution in [0.15, 0.2) is 24.3 Å². The number of ketones is 1. The lowest BCUT2D eigenvalue weighted by molar-refractivity contribution is 0.0477. The fourth-order valence-electron chi connectivity index (χ4n) is 2.94. The van der Waals surface area contributed by atoms with E-state index in [1.54, 1.807) is 18.2 Å². The highest BCUT2D eigenvalue weighted by molar-refractivity contribution is 7.21. The van der Waals surface area contributed by atoms with Crippen LogP contribution >= 0.6 is 11.3 Å². The van der Waals surface area contributed by atoms with Gasteiger partial charge in [0.2, 0.25) is 0 Å². The Morgan fingerprint density at radius 1 is 1.22 bits per heavy atom. The van der Waals surface area contributed by atoms with E-state index in [4.69, 9.17) is 15.2 Å². The molecule has 0 aliphatic rings. The van der Waals surface area contributed by atoms with E-state index in [1.807, 2.05) is 19.9 Å². The first kappa shape index (κ1) is 18.8. The minimum Gasteiger partial charge on any atom is -0.496 e. The maximum atomic E-state index is 12.6. The number of nitrogen functional groups attached to an aromatic ring is 1. The fourth-order valence-corrected chi connectivity index (χ4v) is 4.05. The first-order valence-corrected chi connectivity index (χ1v) is 9.14. The highest BCUT2D eigenvalue weighted by atomic mass is 32.1. The van der Waals surface area contributed by atoms with Gasteiger partial charge in [-0.2, -0.15) is 0 Å². The molecule has 2 heterocycles. The minimum absolute atomic E-state index is 0.0255. The van der Waals surface area contributed by atoms with Crippen molar-refractivity contribution < 1.29 is 19.1 Å². The van der Waals surface area contributed by atoms with Crippen molar-refractivity contribution in [3.05, 3.63) is 51.5 Å². The summed E-state index contributed by atoms with van der Waals surface area (Å²) in [5.74, 6) is -0.0519. The highest BCUT2D eigenvalue weighted by Gasteiger charge is 2.21. The Morgan fingerprint density at radius 3 is 2.63 bits per heavy atom. The summed E-state index contributed by atoms with van der Waals surface area (Å²) in [5, 5.41) is 0.786. The number of fused-ring (bicyclic) bond motifs is 1. The molecule has 27 heavy (non-hydrogen) atoms. The smallest absolute Gasteiger partial charge is 0.350 e. The monoisotopic (exact) mass is 384 g/mol. The first-order chi connectivity index (χ1) is 12.8. The van der Waals surface area contributed by atoms with Gasteiger partial charge in [-0.05, 0) is 50.6 Å². The van der Waals surface area contributed by atoms with Gasteiger partial charge in [-0.1, -0.05) is 0 Å². The molecule has 0 spiro atoms. The van der Waals surface area contributed by atoms with Gasteiger partial charge in [0, 0.05) is 22.2 Å². The Kier molecular flexibility index (Phi) is 5.14. The Bertz CT molecular complexity index is 1060. The third kappa shape index (κ3) is 3.64. The van der Waals surface area contributed by atoms with Crippen LogP contribution < -0.4 is 10.5 Å². The molecular weight excluding hydrogens is 364 g/mol. The number of hydrogen-bond acceptors (Lipinski definition) is 7. The molecule has 140 valence electrons. The lowest BCUT2D eigenvalue weighted by Gasteiger charge is -2.10. The number of hydrogen-bond donors (Lipinski definition) is 1. The number of aromatic nitrogens is 1. The standard InChI is InChI=1S/C20H20N2O4S/c1-10-7-11(2)22-19-16(10)17(21)18(27-19)20(24)26-9-14-8-13(12(3)23)5-6-15(14)25-4/h5-8H,9,21H2,1-4H3. The Labute approximate surface area is 160 Å². The maximum Gasteiger partial charge on any atom is 0.350 e. The molecule has 0 atom stereocenters. The van der Waals surface area contributed by atoms with E-state index in [0.29, 0.717) is 32.3 Å². The number of rotatable bonds is 5. The van der Waals surface area contributed by atoms with Gasteiger partial charge >= 0.3 is 5.97 Å². The molecule has 0 saturated carbocycles. The third-order valence-corrected chi connectivity index (χ3v) is 5.33. The molecule has 2 aromatic heterocycles. The quantitative estimate of drug-likeness (QED) is 0.527. The first-order valence-electron chi connectivity index (χ1n) is 8.33. The summed E-state index contributed by atoms with van der Waals surface area (Å²) in [5.41, 5.74) is 9.55. The minimum atomic E-state index is -0.525. The third-order valence-electron chi connectivity index (χ3n) is 4.26. The zero-order chi connectivity index (χ0) is 19.7. The van der Waals surface area contributed by atoms with Gasteiger partial charge in [0.15, 0.2) is 5.78 Å². The van der Waals surface area contributed by atoms with Crippen LogP contribution in [-0.4, -0.2) is 23.8 Å². The van der Waals surface area contributed by atoms with E-state index in [-0.39, 0.29) is 12.4 Å². The van der Waals surface area contributed by atoms with Crippen LogP contribution in [0.3, 0.4) is 0 Å². The molecule has 3 aromatic rings. The largest absolute Gasteiger partial charge is 0.496 e. The van der Waals surface area contributed by atoms with Gasteiger partial charge in [0.25, 0.3) is 0 Å². The Morgan fingerprint density at radius 2 is 1.96 bits per heavy atom. The number of aryl methyl sites for hydroxylation is 2. The lowest BCUT2D eigenvalue weighted by atomic mass is 10.1. The number of benzene rings is 1. The number of Topliss-reactive ketones (excluding diaryl/α,β-unsaturated/α-hetero) is 1. The highest BCUT2D eigenvalue weighted by Crippen LogP contribution is 2.35. The fraction of sp³-hybridized carbons (Fsp3) is 0.250. The number of carbonyl (C=O) groups is 2. The van der Waals surface area contributed by atoms with E-state index < -0.39 is 5.97 Å². The van der Waals surface area contributed by atoms with E-state index in [1.165, 1.54) is 25.4 Å². The number of methoxy groups -OCH3 is 1. The van der Waals surface area contributed by atoms with E-state index in [2.05, 4.69) is 4.98 Å². The second-order valence-electron chi connectivity index (χ2n) is 6.26. The van der Waals surface area contributed by atoms with E-state index >= 15 is 0 Å². The zero-order valence-corrected chi connectivity index (χ0v) is 16.4. The number of nitrogens with two attached hydrogens (primary N) is 1. The number of pyridine rings is 1. The van der Waals surface area contributed by atoms with E-state index in [0.717, 1.165) is 16.6 Å². The number of ether oxygens (including phenoxy) is 2. The predicted molar refractivity (Wildman–Crippen MR) is 106 cm³/mol. The summed E-state index contributed by atoms with van der Waals surface area (Å²) in [4.78, 5) is 29.7. The molecule has 6 nitrogen and oxygen atoms in total. The molecule has 3 rings (SSSR count). The molecule has 0 aliphatic heterocycles. The van der Waals surface area contributed by atoms with Crippen molar-refractivity contribution >= 4 is 39.0 Å². The van der Waals surface area contributed by atoms with Gasteiger partial charge in [-0.25, -0.2) is 9.78 Å². The molecule has 0 aliphatic carbocycles. The summed E-state index contributed by atoms with van der Waals surface area (Å²) in [6.07, 6.45) is 0. The number of anilines is 1. The summed E-state index contributed by atoms with van der Waals surface area (Å²) in [6, 6.07) is 6.95. The van der Waals surface area contributed by atoms with Crippen molar-refractivity contribution in [3.63, 3.8) is 0 Å². The number of esters is 1. The van der Waals surface area contributed by atoms with Crippen molar-refractivity contribution in [1.82, 2.24) is 4.98 Å². The molecule has 0 amide bonds. The van der Waals surface area contributed by atoms with Crippen LogP contribution in [-0.2, 0) is 11.3 Å². The molecule has 7 heteroatoms. The summed E-state index contributed by atoms with van der Waals surface area (Å²) in [7, 11) is 1.52. The van der Waals surface area contributed by atoms with Crippen LogP contribution in [0, 0.1) is 13.8 Å². The summed E-state index contributed by atoms with van der Waals surface area (Å²) < 4.78 is 10.7. The molecule has 1 aromatic carbocycles. The molecule has 0 bridgehead atoms. The van der Waals surface area contributed by atoms with Crippen molar-refractivity contribution in [2.45, 2.75) is 27.4 Å². The summed E-state index contributed by atoms with van der Waals surface area (Å²) in [6.45, 7) is 5.29. The second kappa shape index (κ2) is 7.36. The van der Waals surface area contributed by atoms with Gasteiger partial charge < -0.3 is 15.2 Å². The second-order valence-corrected chi connectivity index (χ2v) is 7.26. The Balaban J connectivity index is 1.88. The van der Waals surface area contributed by atoms with Gasteiger partial charge in [-0.15, -0.1) is 11.3 Å². The molecule has 2 N–H and O–H groups in total. The Hall–Kier alpha value is -2.93.